The van der Waals surface area contributed by atoms with E-state index in [2.05, 4.69) is 15.5 Å². The predicted molar refractivity (Wildman–Crippen MR) is 81.5 cm³/mol. The Labute approximate surface area is 114 Å². The molecule has 0 saturated carbocycles. The standard InChI is InChI=1S/C13H21N3OS/c1-4-17-10-9-14-13(18)15-11-5-7-12(8-6-11)16(2)3/h5-8H,4,9-10H2,1-3H3,(H2,14,15,18). The summed E-state index contributed by atoms with van der Waals surface area (Å²) in [5.41, 5.74) is 2.14. The monoisotopic (exact) mass is 267 g/mol. The first-order chi connectivity index (χ1) is 8.63. The van der Waals surface area contributed by atoms with Crippen molar-refractivity contribution in [1.82, 2.24) is 5.32 Å². The Balaban J connectivity index is 2.35. The number of hydrogen-bond acceptors (Lipinski definition) is 3. The van der Waals surface area contributed by atoms with E-state index in [-0.39, 0.29) is 0 Å². The van der Waals surface area contributed by atoms with E-state index in [1.165, 1.54) is 0 Å². The lowest BCUT2D eigenvalue weighted by Crippen LogP contribution is -2.31. The molecule has 0 aromatic heterocycles. The Bertz CT molecular complexity index is 365. The number of ether oxygens (including phenoxy) is 1. The molecule has 0 aliphatic heterocycles. The van der Waals surface area contributed by atoms with Gasteiger partial charge >= 0.3 is 0 Å². The zero-order valence-electron chi connectivity index (χ0n) is 11.2. The van der Waals surface area contributed by atoms with E-state index in [0.29, 0.717) is 11.7 Å². The summed E-state index contributed by atoms with van der Waals surface area (Å²) in [5.74, 6) is 0. The zero-order chi connectivity index (χ0) is 13.4. The minimum absolute atomic E-state index is 0.618. The molecule has 2 N–H and O–H groups in total. The summed E-state index contributed by atoms with van der Waals surface area (Å²) >= 11 is 5.18. The van der Waals surface area contributed by atoms with E-state index in [0.717, 1.165) is 24.5 Å². The molecule has 0 atom stereocenters. The van der Waals surface area contributed by atoms with Crippen LogP contribution in [0.15, 0.2) is 24.3 Å². The van der Waals surface area contributed by atoms with Crippen LogP contribution in [0, 0.1) is 0 Å². The highest BCUT2D eigenvalue weighted by Gasteiger charge is 1.98. The molecule has 0 aliphatic rings. The number of nitrogens with one attached hydrogen (secondary N) is 2. The van der Waals surface area contributed by atoms with Crippen molar-refractivity contribution in [3.63, 3.8) is 0 Å². The molecular formula is C13H21N3OS. The maximum atomic E-state index is 5.22. The van der Waals surface area contributed by atoms with Crippen molar-refractivity contribution >= 4 is 28.7 Å². The number of hydrogen-bond donors (Lipinski definition) is 2. The maximum absolute atomic E-state index is 5.22. The summed E-state index contributed by atoms with van der Waals surface area (Å²) in [6, 6.07) is 8.11. The fourth-order valence-corrected chi connectivity index (χ4v) is 1.62. The molecule has 0 amide bonds. The average Bonchev–Trinajstić information content (AvgIpc) is 2.35. The molecule has 1 aromatic carbocycles. The summed E-state index contributed by atoms with van der Waals surface area (Å²) in [6.45, 7) is 4.09. The van der Waals surface area contributed by atoms with Gasteiger partial charge in [0.25, 0.3) is 0 Å². The van der Waals surface area contributed by atoms with Crippen LogP contribution in [0.2, 0.25) is 0 Å². The van der Waals surface area contributed by atoms with Crippen LogP contribution >= 0.6 is 12.2 Å². The van der Waals surface area contributed by atoms with Gasteiger partial charge in [-0.05, 0) is 43.4 Å². The number of benzene rings is 1. The molecule has 0 unspecified atom stereocenters. The largest absolute Gasteiger partial charge is 0.380 e. The van der Waals surface area contributed by atoms with Crippen LogP contribution in [0.3, 0.4) is 0 Å². The maximum Gasteiger partial charge on any atom is 0.170 e. The van der Waals surface area contributed by atoms with Crippen LogP contribution in [0.4, 0.5) is 11.4 Å². The summed E-state index contributed by atoms with van der Waals surface area (Å²) in [5, 5.41) is 6.84. The number of anilines is 2. The van der Waals surface area contributed by atoms with Gasteiger partial charge in [0, 0.05) is 38.6 Å². The van der Waals surface area contributed by atoms with E-state index in [1.54, 1.807) is 0 Å². The van der Waals surface area contributed by atoms with Crippen molar-refractivity contribution in [2.24, 2.45) is 0 Å². The molecule has 1 aromatic rings. The number of nitrogens with zero attached hydrogens (tertiary/aromatic N) is 1. The molecule has 100 valence electrons. The first kappa shape index (κ1) is 14.7. The lowest BCUT2D eigenvalue weighted by Gasteiger charge is -2.14. The molecule has 5 heteroatoms. The Morgan fingerprint density at radius 3 is 2.50 bits per heavy atom. The number of thiocarbonyl (C=S) groups is 1. The Kier molecular flexibility index (Phi) is 6.46. The summed E-state index contributed by atoms with van der Waals surface area (Å²) in [4.78, 5) is 2.06. The first-order valence-electron chi connectivity index (χ1n) is 6.03. The zero-order valence-corrected chi connectivity index (χ0v) is 12.0. The van der Waals surface area contributed by atoms with Crippen molar-refractivity contribution in [2.45, 2.75) is 6.92 Å². The molecule has 0 bridgehead atoms. The van der Waals surface area contributed by atoms with Gasteiger partial charge in [-0.2, -0.15) is 0 Å². The van der Waals surface area contributed by atoms with Crippen molar-refractivity contribution in [1.29, 1.82) is 0 Å². The third-order valence-corrected chi connectivity index (χ3v) is 2.62. The van der Waals surface area contributed by atoms with E-state index >= 15 is 0 Å². The van der Waals surface area contributed by atoms with Crippen LogP contribution in [0.1, 0.15) is 6.92 Å². The molecule has 0 aliphatic carbocycles. The summed E-state index contributed by atoms with van der Waals surface area (Å²) in [7, 11) is 4.03. The minimum atomic E-state index is 0.618. The van der Waals surface area contributed by atoms with Gasteiger partial charge in [0.15, 0.2) is 5.11 Å². The smallest absolute Gasteiger partial charge is 0.170 e. The SMILES string of the molecule is CCOCCNC(=S)Nc1ccc(N(C)C)cc1. The van der Waals surface area contributed by atoms with Crippen molar-refractivity contribution in [3.8, 4) is 0 Å². The second-order valence-electron chi connectivity index (χ2n) is 4.02. The fraction of sp³-hybridized carbons (Fsp3) is 0.462. The van der Waals surface area contributed by atoms with Gasteiger partial charge in [-0.25, -0.2) is 0 Å². The van der Waals surface area contributed by atoms with Gasteiger partial charge in [-0.1, -0.05) is 0 Å². The second kappa shape index (κ2) is 7.89. The van der Waals surface area contributed by atoms with Crippen LogP contribution in [0.25, 0.3) is 0 Å². The molecule has 0 fully saturated rings. The highest BCUT2D eigenvalue weighted by atomic mass is 32.1. The summed E-state index contributed by atoms with van der Waals surface area (Å²) < 4.78 is 5.22. The Morgan fingerprint density at radius 2 is 1.94 bits per heavy atom. The molecule has 0 saturated heterocycles. The molecule has 0 radical (unpaired) electrons. The minimum Gasteiger partial charge on any atom is -0.380 e. The average molecular weight is 267 g/mol. The molecule has 1 rings (SSSR count). The first-order valence-corrected chi connectivity index (χ1v) is 6.44. The van der Waals surface area contributed by atoms with Crippen molar-refractivity contribution < 1.29 is 4.74 Å². The highest BCUT2D eigenvalue weighted by Crippen LogP contribution is 2.15. The Hall–Kier alpha value is -1.33. The quantitative estimate of drug-likeness (QED) is 0.609. The second-order valence-corrected chi connectivity index (χ2v) is 4.43. The van der Waals surface area contributed by atoms with Crippen molar-refractivity contribution in [2.75, 3.05) is 44.1 Å². The van der Waals surface area contributed by atoms with Crippen molar-refractivity contribution in [3.05, 3.63) is 24.3 Å². The summed E-state index contributed by atoms with van der Waals surface area (Å²) in [6.07, 6.45) is 0. The van der Waals surface area contributed by atoms with E-state index in [1.807, 2.05) is 45.3 Å². The topological polar surface area (TPSA) is 36.5 Å². The van der Waals surface area contributed by atoms with Gasteiger partial charge in [0.05, 0.1) is 6.61 Å². The van der Waals surface area contributed by atoms with Gasteiger partial charge < -0.3 is 20.3 Å². The lowest BCUT2D eigenvalue weighted by atomic mass is 10.2. The highest BCUT2D eigenvalue weighted by molar-refractivity contribution is 7.80. The molecule has 4 nitrogen and oxygen atoms in total. The third-order valence-electron chi connectivity index (χ3n) is 2.38. The van der Waals surface area contributed by atoms with E-state index in [9.17, 15) is 0 Å². The van der Waals surface area contributed by atoms with Gasteiger partial charge in [0.2, 0.25) is 0 Å². The van der Waals surface area contributed by atoms with Crippen LogP contribution in [-0.4, -0.2) is 39.0 Å². The predicted octanol–water partition coefficient (Wildman–Crippen LogP) is 2.08. The lowest BCUT2D eigenvalue weighted by molar-refractivity contribution is 0.152. The van der Waals surface area contributed by atoms with Crippen LogP contribution in [-0.2, 0) is 4.74 Å². The fourth-order valence-electron chi connectivity index (χ4n) is 1.40. The normalized spacial score (nSPS) is 9.94. The van der Waals surface area contributed by atoms with Gasteiger partial charge in [-0.3, -0.25) is 0 Å². The van der Waals surface area contributed by atoms with Gasteiger partial charge in [0.1, 0.15) is 0 Å². The van der Waals surface area contributed by atoms with E-state index in [4.69, 9.17) is 17.0 Å². The molecular weight excluding hydrogens is 246 g/mol. The molecule has 0 heterocycles. The Morgan fingerprint density at radius 1 is 1.28 bits per heavy atom. The molecule has 0 spiro atoms. The van der Waals surface area contributed by atoms with Crippen LogP contribution in [0.5, 0.6) is 0 Å². The third kappa shape index (κ3) is 5.33. The van der Waals surface area contributed by atoms with Crippen LogP contribution < -0.4 is 15.5 Å². The number of rotatable bonds is 6. The van der Waals surface area contributed by atoms with E-state index < -0.39 is 0 Å². The van der Waals surface area contributed by atoms with Gasteiger partial charge in [-0.15, -0.1) is 0 Å². The molecule has 18 heavy (non-hydrogen) atoms.